The molecule has 1 aliphatic heterocycles. The molecule has 0 aliphatic carbocycles. The van der Waals surface area contributed by atoms with Gasteiger partial charge in [0.15, 0.2) is 52.6 Å². The first kappa shape index (κ1) is 50.2. The molecule has 0 saturated carbocycles. The first-order valence-electron chi connectivity index (χ1n) is 18.8. The van der Waals surface area contributed by atoms with Crippen LogP contribution < -0.4 is 31.9 Å². The highest BCUT2D eigenvalue weighted by Crippen LogP contribution is 2.30. The summed E-state index contributed by atoms with van der Waals surface area (Å²) in [4.78, 5) is 119. The number of hydrogen-bond donors (Lipinski definition) is 12. The Hall–Kier alpha value is -8.43. The minimum Gasteiger partial charge on any atom is -0.504 e. The van der Waals surface area contributed by atoms with Gasteiger partial charge in [-0.25, -0.2) is 14.4 Å². The van der Waals surface area contributed by atoms with E-state index in [0.29, 0.717) is 0 Å². The van der Waals surface area contributed by atoms with Crippen molar-refractivity contribution in [2.24, 2.45) is 0 Å². The summed E-state index contributed by atoms with van der Waals surface area (Å²) < 4.78 is 31.5. The monoisotopic (exact) mass is 930 g/mol. The van der Waals surface area contributed by atoms with Gasteiger partial charge in [-0.2, -0.15) is 0 Å². The highest BCUT2D eigenvalue weighted by Gasteiger charge is 2.45. The van der Waals surface area contributed by atoms with Gasteiger partial charge in [0.25, 0.3) is 17.7 Å². The van der Waals surface area contributed by atoms with Gasteiger partial charge in [0.2, 0.25) is 36.6 Å². The zero-order valence-corrected chi connectivity index (χ0v) is 34.6. The molecule has 66 heavy (non-hydrogen) atoms. The number of phenols is 6. The predicted octanol–water partition coefficient (Wildman–Crippen LogP) is -3.47. The molecule has 1 saturated heterocycles. The number of nitrogens with one attached hydrogen (secondary N) is 6. The minimum atomic E-state index is -2.26. The Morgan fingerprint density at radius 3 is 0.924 bits per heavy atom. The maximum Gasteiger partial charge on any atom is 0.337 e. The van der Waals surface area contributed by atoms with Crippen LogP contribution in [0.25, 0.3) is 0 Å². The molecule has 3 aromatic rings. The third-order valence-corrected chi connectivity index (χ3v) is 8.93. The highest BCUT2D eigenvalue weighted by molar-refractivity contribution is 6.01. The van der Waals surface area contributed by atoms with Gasteiger partial charge < -0.3 is 91.0 Å². The van der Waals surface area contributed by atoms with E-state index in [-0.39, 0.29) is 0 Å². The number of benzene rings is 3. The molecule has 1 fully saturated rings. The number of hydrogen-bond acceptors (Lipinski definition) is 21. The molecule has 3 aromatic carbocycles. The van der Waals surface area contributed by atoms with Crippen molar-refractivity contribution < 1.29 is 102 Å². The number of carbonyl (C=O) groups excluding carboxylic acids is 9. The Kier molecular flexibility index (Phi) is 17.3. The molecule has 6 atom stereocenters. The lowest BCUT2D eigenvalue weighted by Gasteiger charge is -2.33. The van der Waals surface area contributed by atoms with Crippen LogP contribution >= 0.6 is 0 Å². The molecule has 0 radical (unpaired) electrons. The maximum atomic E-state index is 13.8. The van der Waals surface area contributed by atoms with Crippen LogP contribution in [0.4, 0.5) is 0 Å². The molecular formula is C39H42N6O21. The zero-order chi connectivity index (χ0) is 48.8. The minimum absolute atomic E-state index is 0.463. The molecule has 0 spiro atoms. The van der Waals surface area contributed by atoms with Gasteiger partial charge >= 0.3 is 17.9 Å². The fourth-order valence-electron chi connectivity index (χ4n) is 5.62. The van der Waals surface area contributed by atoms with Crippen molar-refractivity contribution in [3.8, 4) is 34.5 Å². The van der Waals surface area contributed by atoms with Gasteiger partial charge in [-0.3, -0.25) is 28.8 Å². The van der Waals surface area contributed by atoms with Crippen LogP contribution in [0.5, 0.6) is 34.5 Å². The third-order valence-electron chi connectivity index (χ3n) is 8.93. The third kappa shape index (κ3) is 12.6. The number of phenolic OH excluding ortho intramolecular Hbond substituents is 6. The normalized spacial score (nSPS) is 19.8. The number of aromatic hydroxyl groups is 6. The van der Waals surface area contributed by atoms with E-state index >= 15 is 0 Å². The second-order valence-electron chi connectivity index (χ2n) is 13.3. The van der Waals surface area contributed by atoms with Gasteiger partial charge in [-0.05, 0) is 36.4 Å². The number of cyclic esters (lactones) is 3. The molecular weight excluding hydrogens is 888 g/mol. The molecule has 1 heterocycles. The van der Waals surface area contributed by atoms with Crippen molar-refractivity contribution in [3.63, 3.8) is 0 Å². The second kappa shape index (κ2) is 22.8. The van der Waals surface area contributed by atoms with Gasteiger partial charge in [-0.15, -0.1) is 0 Å². The molecule has 4 rings (SSSR count). The Morgan fingerprint density at radius 1 is 0.455 bits per heavy atom. The lowest BCUT2D eigenvalue weighted by Crippen LogP contribution is -2.61. The summed E-state index contributed by atoms with van der Waals surface area (Å²) >= 11 is 0. The Balaban J connectivity index is 1.65. The number of amides is 6. The van der Waals surface area contributed by atoms with E-state index in [2.05, 4.69) is 31.9 Å². The van der Waals surface area contributed by atoms with E-state index in [4.69, 9.17) is 28.4 Å². The summed E-state index contributed by atoms with van der Waals surface area (Å²) in [5, 5.41) is 72.0. The van der Waals surface area contributed by atoms with Gasteiger partial charge in [0, 0.05) is 21.3 Å². The van der Waals surface area contributed by atoms with Crippen molar-refractivity contribution in [1.29, 1.82) is 0 Å². The molecule has 6 amide bonds. The average molecular weight is 931 g/mol. The van der Waals surface area contributed by atoms with Crippen molar-refractivity contribution in [2.75, 3.05) is 41.0 Å². The Labute approximate surface area is 370 Å². The molecule has 0 bridgehead atoms. The Morgan fingerprint density at radius 2 is 0.697 bits per heavy atom. The smallest absolute Gasteiger partial charge is 0.337 e. The van der Waals surface area contributed by atoms with Gasteiger partial charge in [0.1, 0.15) is 0 Å². The summed E-state index contributed by atoms with van der Waals surface area (Å²) in [5.74, 6) is -16.3. The van der Waals surface area contributed by atoms with Crippen LogP contribution in [0, 0.1) is 0 Å². The summed E-state index contributed by atoms with van der Waals surface area (Å²) in [6.45, 7) is -2.91. The summed E-state index contributed by atoms with van der Waals surface area (Å²) in [6, 6.07) is 3.35. The van der Waals surface area contributed by atoms with Crippen LogP contribution in [0.3, 0.4) is 0 Å². The van der Waals surface area contributed by atoms with Crippen LogP contribution in [0.15, 0.2) is 54.6 Å². The summed E-state index contributed by atoms with van der Waals surface area (Å²) in [7, 11) is 2.62. The SMILES string of the molecule is COC1OC(=O)C(NC(=O)CNC(=O)c2cccc(O)c2O)C(OC)OC(=O)C(NC(=O)CNC(=O)c2cccc(O)c2O)C(OC)OC(=O)C1NC(=O)CNC(=O)c1cccc(O)c1O. The first-order valence-corrected chi connectivity index (χ1v) is 18.8. The molecule has 27 nitrogen and oxygen atoms in total. The predicted molar refractivity (Wildman–Crippen MR) is 213 cm³/mol. The molecule has 1 aliphatic rings. The molecule has 12 N–H and O–H groups in total. The number of methoxy groups -OCH3 is 3. The van der Waals surface area contributed by atoms with Crippen LogP contribution in [0.2, 0.25) is 0 Å². The Bertz CT molecular complexity index is 2100. The van der Waals surface area contributed by atoms with E-state index in [1.165, 1.54) is 18.2 Å². The van der Waals surface area contributed by atoms with Gasteiger partial charge in [-0.1, -0.05) is 18.2 Å². The zero-order valence-electron chi connectivity index (χ0n) is 34.6. The van der Waals surface area contributed by atoms with E-state index in [1.54, 1.807) is 0 Å². The highest BCUT2D eigenvalue weighted by atomic mass is 16.7. The lowest BCUT2D eigenvalue weighted by atomic mass is 10.1. The number of para-hydroxylation sites is 3. The lowest BCUT2D eigenvalue weighted by molar-refractivity contribution is -0.221. The maximum absolute atomic E-state index is 13.8. The molecule has 0 aromatic heterocycles. The number of rotatable bonds is 15. The van der Waals surface area contributed by atoms with Crippen LogP contribution in [-0.4, -0.2) is 162 Å². The molecule has 354 valence electrons. The number of carbonyl (C=O) groups is 9. The number of ether oxygens (including phenoxy) is 6. The van der Waals surface area contributed by atoms with E-state index < -0.39 is 161 Å². The van der Waals surface area contributed by atoms with E-state index in [9.17, 15) is 73.8 Å². The fourth-order valence-corrected chi connectivity index (χ4v) is 5.62. The summed E-state index contributed by atoms with van der Waals surface area (Å²) in [6.07, 6.45) is -6.68. The van der Waals surface area contributed by atoms with E-state index in [1.807, 2.05) is 0 Å². The first-order chi connectivity index (χ1) is 31.3. The standard InChI is InChI=1S/C39H42N6O21/c1-61-37-25(43-22(49)13-40-31(55)16-7-4-10-19(46)28(16)52)34(58)65-39(63-3)27(45-24(51)15-42-33(57)18-9-6-12-21(48)30(18)54)36(60)66-38(62-2)26(35(59)64-37)44-23(50)14-41-32(56)17-8-5-11-20(47)29(17)53/h4-12,25-27,37-39,46-48,52-54H,13-15H2,1-3H3,(H,40,55)(H,41,56)(H,42,57)(H,43,49)(H,44,50)(H,45,51). The van der Waals surface area contributed by atoms with Crippen LogP contribution in [-0.2, 0) is 57.2 Å². The van der Waals surface area contributed by atoms with Crippen molar-refractivity contribution in [2.45, 2.75) is 37.0 Å². The van der Waals surface area contributed by atoms with E-state index in [0.717, 1.165) is 57.7 Å². The van der Waals surface area contributed by atoms with Crippen molar-refractivity contribution in [1.82, 2.24) is 31.9 Å². The van der Waals surface area contributed by atoms with Crippen molar-refractivity contribution in [3.05, 3.63) is 71.3 Å². The topological polar surface area (TPSA) is 403 Å². The largest absolute Gasteiger partial charge is 0.504 e. The van der Waals surface area contributed by atoms with Crippen molar-refractivity contribution >= 4 is 53.4 Å². The van der Waals surface area contributed by atoms with Gasteiger partial charge in [0.05, 0.1) is 36.3 Å². The van der Waals surface area contributed by atoms with Crippen LogP contribution in [0.1, 0.15) is 31.1 Å². The quantitative estimate of drug-likeness (QED) is 0.0400. The number of esters is 3. The average Bonchev–Trinajstić information content (AvgIpc) is 3.29. The second-order valence-corrected chi connectivity index (χ2v) is 13.3. The molecule has 27 heteroatoms. The molecule has 6 unspecified atom stereocenters. The fraction of sp³-hybridized carbons (Fsp3) is 0.308. The summed E-state index contributed by atoms with van der Waals surface area (Å²) in [5.41, 5.74) is -1.39.